The van der Waals surface area contributed by atoms with Crippen LogP contribution >= 0.6 is 43.5 Å². The Hall–Kier alpha value is -0.360. The normalized spacial score (nSPS) is 12.7. The summed E-state index contributed by atoms with van der Waals surface area (Å²) in [6.07, 6.45) is 2.84. The molecule has 17 heavy (non-hydrogen) atoms. The van der Waals surface area contributed by atoms with Gasteiger partial charge < -0.3 is 9.52 Å². The lowest BCUT2D eigenvalue weighted by Gasteiger charge is -2.08. The van der Waals surface area contributed by atoms with Crippen molar-refractivity contribution in [3.8, 4) is 0 Å². The number of aliphatic hydroxyl groups is 1. The highest BCUT2D eigenvalue weighted by Crippen LogP contribution is 2.31. The highest BCUT2D eigenvalue weighted by molar-refractivity contribution is 9.13. The fourth-order valence-corrected chi connectivity index (χ4v) is 2.21. The summed E-state index contributed by atoms with van der Waals surface area (Å²) in [6, 6.07) is 3.50. The van der Waals surface area contributed by atoms with Gasteiger partial charge >= 0.3 is 0 Å². The minimum atomic E-state index is -0.738. The standard InChI is InChI=1S/C11H8Br2ClNO2/c12-7-4-10(17-11(7)13)9(16)3-6-1-2-15-5-8(6)14/h1-2,4-5,9,16H,3H2. The molecular formula is C11H8Br2ClNO2. The second-order valence-electron chi connectivity index (χ2n) is 3.46. The van der Waals surface area contributed by atoms with Crippen LogP contribution in [0.5, 0.6) is 0 Å². The molecule has 0 aliphatic heterocycles. The van der Waals surface area contributed by atoms with Gasteiger partial charge in [0.1, 0.15) is 11.9 Å². The average molecular weight is 381 g/mol. The fourth-order valence-electron chi connectivity index (χ4n) is 1.41. The molecule has 0 amide bonds. The van der Waals surface area contributed by atoms with Gasteiger partial charge in [-0.1, -0.05) is 11.6 Å². The lowest BCUT2D eigenvalue weighted by atomic mass is 10.1. The van der Waals surface area contributed by atoms with Gasteiger partial charge in [-0.2, -0.15) is 0 Å². The summed E-state index contributed by atoms with van der Waals surface area (Å²) in [5.74, 6) is 0.483. The van der Waals surface area contributed by atoms with E-state index < -0.39 is 6.10 Å². The van der Waals surface area contributed by atoms with Crippen molar-refractivity contribution in [3.05, 3.63) is 50.0 Å². The number of halogens is 3. The number of hydrogen-bond donors (Lipinski definition) is 1. The van der Waals surface area contributed by atoms with Gasteiger partial charge in [-0.3, -0.25) is 4.98 Å². The van der Waals surface area contributed by atoms with Crippen molar-refractivity contribution in [1.82, 2.24) is 4.98 Å². The molecule has 0 saturated heterocycles. The lowest BCUT2D eigenvalue weighted by Crippen LogP contribution is -2.01. The Kier molecular flexibility index (Phi) is 4.25. The first-order chi connectivity index (χ1) is 8.08. The van der Waals surface area contributed by atoms with E-state index >= 15 is 0 Å². The molecule has 2 heterocycles. The minimum absolute atomic E-state index is 0.383. The molecule has 0 bridgehead atoms. The van der Waals surface area contributed by atoms with Crippen molar-refractivity contribution in [2.75, 3.05) is 0 Å². The van der Waals surface area contributed by atoms with E-state index in [4.69, 9.17) is 16.0 Å². The molecule has 1 unspecified atom stereocenters. The van der Waals surface area contributed by atoms with E-state index in [0.717, 1.165) is 10.0 Å². The van der Waals surface area contributed by atoms with Gasteiger partial charge in [-0.25, -0.2) is 0 Å². The van der Waals surface area contributed by atoms with Gasteiger partial charge in [0.15, 0.2) is 4.67 Å². The number of aliphatic hydroxyl groups excluding tert-OH is 1. The third kappa shape index (κ3) is 3.10. The Morgan fingerprint density at radius 2 is 2.24 bits per heavy atom. The fraction of sp³-hybridized carbons (Fsp3) is 0.182. The van der Waals surface area contributed by atoms with E-state index in [1.807, 2.05) is 0 Å². The number of pyridine rings is 1. The van der Waals surface area contributed by atoms with E-state index in [-0.39, 0.29) is 0 Å². The molecule has 1 atom stereocenters. The molecule has 2 aromatic heterocycles. The number of rotatable bonds is 3. The Morgan fingerprint density at radius 1 is 1.47 bits per heavy atom. The maximum atomic E-state index is 10.0. The molecular weight excluding hydrogens is 373 g/mol. The summed E-state index contributed by atoms with van der Waals surface area (Å²) in [7, 11) is 0. The molecule has 0 aliphatic rings. The predicted octanol–water partition coefficient (Wildman–Crippen LogP) is 4.13. The van der Waals surface area contributed by atoms with E-state index in [0.29, 0.717) is 21.9 Å². The second-order valence-corrected chi connectivity index (χ2v) is 5.44. The molecule has 2 aromatic rings. The Morgan fingerprint density at radius 3 is 2.82 bits per heavy atom. The Bertz CT molecular complexity index is 510. The van der Waals surface area contributed by atoms with E-state index in [9.17, 15) is 5.11 Å². The maximum Gasteiger partial charge on any atom is 0.183 e. The van der Waals surface area contributed by atoms with Crippen molar-refractivity contribution in [2.24, 2.45) is 0 Å². The second kappa shape index (κ2) is 5.52. The highest BCUT2D eigenvalue weighted by Gasteiger charge is 2.16. The minimum Gasteiger partial charge on any atom is -0.450 e. The topological polar surface area (TPSA) is 46.3 Å². The van der Waals surface area contributed by atoms with Crippen LogP contribution in [0.1, 0.15) is 17.4 Å². The summed E-state index contributed by atoms with van der Waals surface area (Å²) < 4.78 is 6.68. The van der Waals surface area contributed by atoms with Crippen molar-refractivity contribution in [2.45, 2.75) is 12.5 Å². The van der Waals surface area contributed by atoms with Crippen LogP contribution in [0.2, 0.25) is 5.02 Å². The van der Waals surface area contributed by atoms with Crippen LogP contribution in [0.4, 0.5) is 0 Å². The number of furan rings is 1. The van der Waals surface area contributed by atoms with E-state index in [1.54, 1.807) is 24.5 Å². The summed E-state index contributed by atoms with van der Waals surface area (Å²) in [5, 5.41) is 10.6. The predicted molar refractivity (Wildman–Crippen MR) is 72.0 cm³/mol. The van der Waals surface area contributed by atoms with Gasteiger partial charge in [0.05, 0.1) is 9.50 Å². The average Bonchev–Trinajstić information content (AvgIpc) is 2.63. The summed E-state index contributed by atoms with van der Waals surface area (Å²) in [4.78, 5) is 3.89. The van der Waals surface area contributed by atoms with E-state index in [2.05, 4.69) is 36.8 Å². The van der Waals surface area contributed by atoms with Crippen LogP contribution in [0, 0.1) is 0 Å². The first kappa shape index (κ1) is 13.1. The molecule has 3 nitrogen and oxygen atoms in total. The van der Waals surface area contributed by atoms with Gasteiger partial charge in [0.2, 0.25) is 0 Å². The largest absolute Gasteiger partial charge is 0.450 e. The lowest BCUT2D eigenvalue weighted by molar-refractivity contribution is 0.149. The Labute approximate surface area is 120 Å². The van der Waals surface area contributed by atoms with Crippen LogP contribution in [0.15, 0.2) is 38.1 Å². The summed E-state index contributed by atoms with van der Waals surface area (Å²) in [5.41, 5.74) is 0.831. The number of aromatic nitrogens is 1. The molecule has 90 valence electrons. The van der Waals surface area contributed by atoms with Crippen LogP contribution in [-0.4, -0.2) is 10.1 Å². The smallest absolute Gasteiger partial charge is 0.183 e. The van der Waals surface area contributed by atoms with Crippen molar-refractivity contribution in [3.63, 3.8) is 0 Å². The molecule has 0 fully saturated rings. The zero-order valence-corrected chi connectivity index (χ0v) is 12.5. The molecule has 1 N–H and O–H groups in total. The zero-order chi connectivity index (χ0) is 12.4. The number of nitrogens with zero attached hydrogens (tertiary/aromatic N) is 1. The van der Waals surface area contributed by atoms with Crippen molar-refractivity contribution >= 4 is 43.5 Å². The molecule has 0 aliphatic carbocycles. The molecule has 6 heteroatoms. The first-order valence-corrected chi connectivity index (χ1v) is 6.75. The van der Waals surface area contributed by atoms with Gasteiger partial charge in [0.25, 0.3) is 0 Å². The third-order valence-electron chi connectivity index (χ3n) is 2.26. The van der Waals surface area contributed by atoms with E-state index in [1.165, 1.54) is 0 Å². The van der Waals surface area contributed by atoms with Crippen LogP contribution < -0.4 is 0 Å². The van der Waals surface area contributed by atoms with Crippen LogP contribution in [-0.2, 0) is 6.42 Å². The molecule has 0 spiro atoms. The van der Waals surface area contributed by atoms with Gasteiger partial charge in [-0.15, -0.1) is 0 Å². The molecule has 2 rings (SSSR count). The third-order valence-corrected chi connectivity index (χ3v) is 4.31. The van der Waals surface area contributed by atoms with Crippen molar-refractivity contribution < 1.29 is 9.52 Å². The zero-order valence-electron chi connectivity index (χ0n) is 8.53. The maximum absolute atomic E-state index is 10.0. The molecule has 0 radical (unpaired) electrons. The van der Waals surface area contributed by atoms with Gasteiger partial charge in [-0.05, 0) is 49.6 Å². The summed E-state index contributed by atoms with van der Waals surface area (Å²) in [6.45, 7) is 0. The van der Waals surface area contributed by atoms with Crippen LogP contribution in [0.25, 0.3) is 0 Å². The first-order valence-electron chi connectivity index (χ1n) is 4.79. The molecule has 0 aromatic carbocycles. The number of hydrogen-bond acceptors (Lipinski definition) is 3. The van der Waals surface area contributed by atoms with Crippen molar-refractivity contribution in [1.29, 1.82) is 0 Å². The SMILES string of the molecule is OC(Cc1ccncc1Cl)c1cc(Br)c(Br)o1. The Balaban J connectivity index is 2.17. The highest BCUT2D eigenvalue weighted by atomic mass is 79.9. The summed E-state index contributed by atoms with van der Waals surface area (Å²) >= 11 is 12.5. The molecule has 0 saturated carbocycles. The van der Waals surface area contributed by atoms with Crippen LogP contribution in [0.3, 0.4) is 0 Å². The van der Waals surface area contributed by atoms with Gasteiger partial charge in [0, 0.05) is 18.8 Å². The quantitative estimate of drug-likeness (QED) is 0.870. The monoisotopic (exact) mass is 379 g/mol.